The van der Waals surface area contributed by atoms with Gasteiger partial charge in [-0.1, -0.05) is 6.07 Å². The van der Waals surface area contributed by atoms with Crippen LogP contribution in [0.15, 0.2) is 30.6 Å². The average Bonchev–Trinajstić information content (AvgIpc) is 2.84. The summed E-state index contributed by atoms with van der Waals surface area (Å²) in [4.78, 5) is 17.5. The zero-order valence-electron chi connectivity index (χ0n) is 11.3. The standard InChI is InChI=1S/C14H13N5OS/c1-8-2-3-9(6-16-8)7-17-13(20)12-11(15)10-4-5-18-19-14(10)21-12/h2-6H,7,15H2,1H3,(H,17,20). The summed E-state index contributed by atoms with van der Waals surface area (Å²) in [6.45, 7) is 2.33. The van der Waals surface area contributed by atoms with Gasteiger partial charge in [0.15, 0.2) is 0 Å². The van der Waals surface area contributed by atoms with Gasteiger partial charge in [0.25, 0.3) is 5.91 Å². The zero-order valence-corrected chi connectivity index (χ0v) is 12.1. The van der Waals surface area contributed by atoms with Crippen LogP contribution >= 0.6 is 11.3 Å². The molecule has 3 N–H and O–H groups in total. The van der Waals surface area contributed by atoms with Crippen LogP contribution in [0.3, 0.4) is 0 Å². The SMILES string of the molecule is Cc1ccc(CNC(=O)c2sc3nnccc3c2N)cn1. The molecule has 0 aromatic carbocycles. The van der Waals surface area contributed by atoms with Crippen LogP contribution in [0.5, 0.6) is 0 Å². The van der Waals surface area contributed by atoms with Crippen molar-refractivity contribution in [3.05, 3.63) is 46.7 Å². The summed E-state index contributed by atoms with van der Waals surface area (Å²) in [5.74, 6) is -0.212. The van der Waals surface area contributed by atoms with Crippen LogP contribution in [0.2, 0.25) is 0 Å². The molecule has 0 atom stereocenters. The lowest BCUT2D eigenvalue weighted by Gasteiger charge is -2.04. The predicted octanol–water partition coefficient (Wildman–Crippen LogP) is 1.91. The molecule has 0 spiro atoms. The minimum atomic E-state index is -0.212. The van der Waals surface area contributed by atoms with Crippen molar-refractivity contribution in [3.8, 4) is 0 Å². The van der Waals surface area contributed by atoms with Crippen LogP contribution in [0.25, 0.3) is 10.2 Å². The van der Waals surface area contributed by atoms with Crippen molar-refractivity contribution in [1.29, 1.82) is 0 Å². The first-order valence-corrected chi connectivity index (χ1v) is 7.16. The largest absolute Gasteiger partial charge is 0.397 e. The fourth-order valence-electron chi connectivity index (χ4n) is 1.91. The highest BCUT2D eigenvalue weighted by atomic mass is 32.1. The number of nitrogens with zero attached hydrogens (tertiary/aromatic N) is 3. The Kier molecular flexibility index (Phi) is 3.49. The average molecular weight is 299 g/mol. The van der Waals surface area contributed by atoms with Crippen LogP contribution in [0.1, 0.15) is 20.9 Å². The van der Waals surface area contributed by atoms with Gasteiger partial charge >= 0.3 is 0 Å². The maximum absolute atomic E-state index is 12.2. The van der Waals surface area contributed by atoms with E-state index >= 15 is 0 Å². The van der Waals surface area contributed by atoms with Gasteiger partial charge in [-0.05, 0) is 24.6 Å². The van der Waals surface area contributed by atoms with E-state index in [1.165, 1.54) is 11.3 Å². The van der Waals surface area contributed by atoms with Gasteiger partial charge in [0, 0.05) is 23.8 Å². The molecule has 6 nitrogen and oxygen atoms in total. The number of hydrogen-bond donors (Lipinski definition) is 2. The molecule has 3 heterocycles. The molecule has 0 fully saturated rings. The number of hydrogen-bond acceptors (Lipinski definition) is 6. The lowest BCUT2D eigenvalue weighted by Crippen LogP contribution is -2.22. The molecule has 0 radical (unpaired) electrons. The predicted molar refractivity (Wildman–Crippen MR) is 82.0 cm³/mol. The molecule has 0 aliphatic heterocycles. The van der Waals surface area contributed by atoms with Gasteiger partial charge in [-0.2, -0.15) is 5.10 Å². The number of pyridine rings is 1. The summed E-state index contributed by atoms with van der Waals surface area (Å²) in [6, 6.07) is 5.60. The minimum absolute atomic E-state index is 0.212. The number of rotatable bonds is 3. The topological polar surface area (TPSA) is 93.8 Å². The van der Waals surface area contributed by atoms with E-state index < -0.39 is 0 Å². The number of carbonyl (C=O) groups excluding carboxylic acids is 1. The van der Waals surface area contributed by atoms with E-state index in [0.717, 1.165) is 16.6 Å². The summed E-state index contributed by atoms with van der Waals surface area (Å²) in [7, 11) is 0. The van der Waals surface area contributed by atoms with Gasteiger partial charge in [-0.15, -0.1) is 16.4 Å². The number of aryl methyl sites for hydroxylation is 1. The summed E-state index contributed by atoms with van der Waals surface area (Å²) < 4.78 is 0. The first-order chi connectivity index (χ1) is 10.1. The van der Waals surface area contributed by atoms with E-state index in [1.54, 1.807) is 18.5 Å². The number of fused-ring (bicyclic) bond motifs is 1. The first-order valence-electron chi connectivity index (χ1n) is 6.34. The Morgan fingerprint density at radius 1 is 1.38 bits per heavy atom. The third-order valence-electron chi connectivity index (χ3n) is 3.05. The van der Waals surface area contributed by atoms with Crippen molar-refractivity contribution in [1.82, 2.24) is 20.5 Å². The Hall–Kier alpha value is -2.54. The summed E-state index contributed by atoms with van der Waals surface area (Å²) in [6.07, 6.45) is 3.31. The van der Waals surface area contributed by atoms with Crippen LogP contribution < -0.4 is 11.1 Å². The monoisotopic (exact) mass is 299 g/mol. The van der Waals surface area contributed by atoms with Crippen molar-refractivity contribution < 1.29 is 4.79 Å². The van der Waals surface area contributed by atoms with E-state index in [4.69, 9.17) is 5.73 Å². The molecule has 1 amide bonds. The molecule has 0 aliphatic carbocycles. The van der Waals surface area contributed by atoms with Crippen molar-refractivity contribution in [3.63, 3.8) is 0 Å². The number of carbonyl (C=O) groups is 1. The van der Waals surface area contributed by atoms with Gasteiger partial charge in [0.05, 0.1) is 11.9 Å². The van der Waals surface area contributed by atoms with Crippen LogP contribution in [-0.2, 0) is 6.54 Å². The zero-order chi connectivity index (χ0) is 14.8. The second kappa shape index (κ2) is 5.45. The fourth-order valence-corrected chi connectivity index (χ4v) is 2.86. The Balaban J connectivity index is 1.78. The first kappa shape index (κ1) is 13.4. The number of nitrogens with one attached hydrogen (secondary N) is 1. The Bertz CT molecular complexity index is 797. The van der Waals surface area contributed by atoms with Crippen LogP contribution in [0.4, 0.5) is 5.69 Å². The lowest BCUT2D eigenvalue weighted by molar-refractivity contribution is 0.0956. The Labute approximate surface area is 125 Å². The summed E-state index contributed by atoms with van der Waals surface area (Å²) in [5.41, 5.74) is 8.33. The molecular formula is C14H13N5OS. The minimum Gasteiger partial charge on any atom is -0.397 e. The second-order valence-corrected chi connectivity index (χ2v) is 5.58. The maximum atomic E-state index is 12.2. The number of nitrogens with two attached hydrogens (primary N) is 1. The molecule has 106 valence electrons. The molecule has 3 aromatic heterocycles. The Morgan fingerprint density at radius 3 is 2.95 bits per heavy atom. The number of thiophene rings is 1. The van der Waals surface area contributed by atoms with Crippen molar-refractivity contribution >= 4 is 33.1 Å². The maximum Gasteiger partial charge on any atom is 0.263 e. The molecule has 0 saturated carbocycles. The smallest absolute Gasteiger partial charge is 0.263 e. The van der Waals surface area contributed by atoms with E-state index in [9.17, 15) is 4.79 Å². The van der Waals surface area contributed by atoms with Crippen LogP contribution in [-0.4, -0.2) is 21.1 Å². The van der Waals surface area contributed by atoms with Crippen molar-refractivity contribution in [2.24, 2.45) is 0 Å². The van der Waals surface area contributed by atoms with E-state index in [1.807, 2.05) is 19.1 Å². The molecular weight excluding hydrogens is 286 g/mol. The molecule has 0 bridgehead atoms. The van der Waals surface area contributed by atoms with Gasteiger partial charge in [0.2, 0.25) is 0 Å². The lowest BCUT2D eigenvalue weighted by atomic mass is 10.2. The van der Waals surface area contributed by atoms with Crippen molar-refractivity contribution in [2.45, 2.75) is 13.5 Å². The van der Waals surface area contributed by atoms with Gasteiger partial charge in [-0.3, -0.25) is 9.78 Å². The molecule has 21 heavy (non-hydrogen) atoms. The van der Waals surface area contributed by atoms with Crippen molar-refractivity contribution in [2.75, 3.05) is 5.73 Å². The highest BCUT2D eigenvalue weighted by molar-refractivity contribution is 7.21. The van der Waals surface area contributed by atoms with Gasteiger partial charge in [0.1, 0.15) is 9.71 Å². The van der Waals surface area contributed by atoms with E-state index in [2.05, 4.69) is 20.5 Å². The molecule has 0 saturated heterocycles. The highest BCUT2D eigenvalue weighted by Gasteiger charge is 2.16. The summed E-state index contributed by atoms with van der Waals surface area (Å²) >= 11 is 1.24. The van der Waals surface area contributed by atoms with E-state index in [0.29, 0.717) is 21.9 Å². The summed E-state index contributed by atoms with van der Waals surface area (Å²) in [5, 5.41) is 11.4. The van der Waals surface area contributed by atoms with Gasteiger partial charge < -0.3 is 11.1 Å². The molecule has 3 aromatic rings. The quantitative estimate of drug-likeness (QED) is 0.770. The molecule has 0 aliphatic rings. The highest BCUT2D eigenvalue weighted by Crippen LogP contribution is 2.31. The number of amides is 1. The van der Waals surface area contributed by atoms with E-state index in [-0.39, 0.29) is 5.91 Å². The second-order valence-electron chi connectivity index (χ2n) is 4.59. The third-order valence-corrected chi connectivity index (χ3v) is 4.16. The molecule has 3 rings (SSSR count). The van der Waals surface area contributed by atoms with Crippen LogP contribution in [0, 0.1) is 6.92 Å². The number of nitrogen functional groups attached to an aromatic ring is 1. The van der Waals surface area contributed by atoms with Gasteiger partial charge in [-0.25, -0.2) is 0 Å². The molecule has 0 unspecified atom stereocenters. The number of anilines is 1. The number of aromatic nitrogens is 3. The fraction of sp³-hybridized carbons (Fsp3) is 0.143. The Morgan fingerprint density at radius 2 is 2.24 bits per heavy atom. The third kappa shape index (κ3) is 2.68. The molecule has 7 heteroatoms. The normalized spacial score (nSPS) is 10.7.